The van der Waals surface area contributed by atoms with E-state index < -0.39 is 5.79 Å². The lowest BCUT2D eigenvalue weighted by molar-refractivity contribution is -0.201. The number of hydrogen-bond acceptors (Lipinski definition) is 3. The Labute approximate surface area is 130 Å². The van der Waals surface area contributed by atoms with Crippen LogP contribution in [0.2, 0.25) is 0 Å². The molecule has 114 valence electrons. The Balaban J connectivity index is 3.51. The van der Waals surface area contributed by atoms with E-state index in [1.807, 2.05) is 19.9 Å². The average molecular weight is 345 g/mol. The zero-order valence-corrected chi connectivity index (χ0v) is 15.1. The van der Waals surface area contributed by atoms with Gasteiger partial charge < -0.3 is 14.2 Å². The van der Waals surface area contributed by atoms with Gasteiger partial charge in [-0.3, -0.25) is 0 Å². The molecular weight excluding hydrogens is 320 g/mol. The number of rotatable bonds is 5. The first-order valence-electron chi connectivity index (χ1n) is 6.77. The van der Waals surface area contributed by atoms with Crippen LogP contribution in [0.1, 0.15) is 45.7 Å². The van der Waals surface area contributed by atoms with Gasteiger partial charge in [-0.15, -0.1) is 0 Å². The topological polar surface area (TPSA) is 27.7 Å². The van der Waals surface area contributed by atoms with Crippen molar-refractivity contribution in [1.29, 1.82) is 0 Å². The van der Waals surface area contributed by atoms with Crippen LogP contribution in [0.25, 0.3) is 0 Å². The number of methoxy groups -OCH3 is 2. The molecule has 1 rings (SSSR count). The third-order valence-corrected chi connectivity index (χ3v) is 4.03. The summed E-state index contributed by atoms with van der Waals surface area (Å²) >= 11 is 3.61. The molecule has 20 heavy (non-hydrogen) atoms. The van der Waals surface area contributed by atoms with Gasteiger partial charge in [-0.25, -0.2) is 0 Å². The number of hydrogen-bond donors (Lipinski definition) is 0. The van der Waals surface area contributed by atoms with Crippen LogP contribution in [0.15, 0.2) is 16.6 Å². The second-order valence-corrected chi connectivity index (χ2v) is 6.73. The van der Waals surface area contributed by atoms with Crippen molar-refractivity contribution >= 4 is 15.9 Å². The molecule has 0 amide bonds. The zero-order chi connectivity index (χ0) is 15.6. The first-order valence-corrected chi connectivity index (χ1v) is 7.56. The molecule has 1 aromatic rings. The van der Waals surface area contributed by atoms with Gasteiger partial charge in [0, 0.05) is 25.3 Å². The molecule has 0 saturated heterocycles. The highest BCUT2D eigenvalue weighted by molar-refractivity contribution is 9.10. The van der Waals surface area contributed by atoms with Crippen molar-refractivity contribution in [1.82, 2.24) is 0 Å². The van der Waals surface area contributed by atoms with Crippen molar-refractivity contribution in [3.05, 3.63) is 27.7 Å². The van der Waals surface area contributed by atoms with Crippen LogP contribution in [0.4, 0.5) is 0 Å². The quantitative estimate of drug-likeness (QED) is 0.730. The van der Waals surface area contributed by atoms with E-state index in [-0.39, 0.29) is 5.41 Å². The van der Waals surface area contributed by atoms with Crippen LogP contribution in [-0.2, 0) is 20.7 Å². The molecule has 0 atom stereocenters. The average Bonchev–Trinajstić information content (AvgIpc) is 2.38. The SMILES string of the molecule is CCOc1c(Br)cc(C(C)(OC)OC)cc1C(C)(C)C. The molecule has 0 aliphatic heterocycles. The predicted octanol–water partition coefficient (Wildman–Crippen LogP) is 4.61. The Bertz CT molecular complexity index is 460. The van der Waals surface area contributed by atoms with Gasteiger partial charge in [-0.2, -0.15) is 0 Å². The number of benzene rings is 1. The van der Waals surface area contributed by atoms with Crippen LogP contribution in [-0.4, -0.2) is 20.8 Å². The smallest absolute Gasteiger partial charge is 0.191 e. The monoisotopic (exact) mass is 344 g/mol. The Morgan fingerprint density at radius 3 is 2.00 bits per heavy atom. The van der Waals surface area contributed by atoms with E-state index in [0.717, 1.165) is 21.3 Å². The van der Waals surface area contributed by atoms with E-state index in [4.69, 9.17) is 14.2 Å². The summed E-state index contributed by atoms with van der Waals surface area (Å²) in [5.74, 6) is 0.117. The Kier molecular flexibility index (Phi) is 5.64. The minimum atomic E-state index is -0.771. The van der Waals surface area contributed by atoms with Crippen molar-refractivity contribution < 1.29 is 14.2 Å². The summed E-state index contributed by atoms with van der Waals surface area (Å²) in [6.45, 7) is 11.0. The van der Waals surface area contributed by atoms with Gasteiger partial charge in [-0.1, -0.05) is 20.8 Å². The van der Waals surface area contributed by atoms with Gasteiger partial charge in [-0.05, 0) is 47.3 Å². The second kappa shape index (κ2) is 6.46. The van der Waals surface area contributed by atoms with Crippen LogP contribution in [0.5, 0.6) is 5.75 Å². The molecule has 0 unspecified atom stereocenters. The predicted molar refractivity (Wildman–Crippen MR) is 85.4 cm³/mol. The Hall–Kier alpha value is -0.580. The fraction of sp³-hybridized carbons (Fsp3) is 0.625. The molecule has 0 aliphatic rings. The highest BCUT2D eigenvalue weighted by Gasteiger charge is 2.30. The summed E-state index contributed by atoms with van der Waals surface area (Å²) in [4.78, 5) is 0. The molecule has 1 aromatic carbocycles. The Morgan fingerprint density at radius 2 is 1.60 bits per heavy atom. The first kappa shape index (κ1) is 17.5. The molecule has 0 bridgehead atoms. The molecule has 0 aliphatic carbocycles. The fourth-order valence-electron chi connectivity index (χ4n) is 2.02. The minimum absolute atomic E-state index is 0.0363. The first-order chi connectivity index (χ1) is 9.19. The van der Waals surface area contributed by atoms with Crippen molar-refractivity contribution in [2.24, 2.45) is 0 Å². The standard InChI is InChI=1S/C16H25BrO3/c1-8-20-14-12(15(2,3)4)9-11(10-13(14)17)16(5,18-6)19-7/h9-10H,8H2,1-7H3. The molecule has 0 radical (unpaired) electrons. The van der Waals surface area contributed by atoms with E-state index in [1.54, 1.807) is 14.2 Å². The molecule has 0 N–H and O–H groups in total. The summed E-state index contributed by atoms with van der Waals surface area (Å²) in [7, 11) is 3.29. The van der Waals surface area contributed by atoms with Crippen LogP contribution < -0.4 is 4.74 Å². The highest BCUT2D eigenvalue weighted by atomic mass is 79.9. The van der Waals surface area contributed by atoms with Crippen molar-refractivity contribution in [3.8, 4) is 5.75 Å². The van der Waals surface area contributed by atoms with Gasteiger partial charge in [0.15, 0.2) is 5.79 Å². The van der Waals surface area contributed by atoms with E-state index in [1.165, 1.54) is 0 Å². The summed E-state index contributed by atoms with van der Waals surface area (Å²) < 4.78 is 17.7. The maximum atomic E-state index is 5.80. The molecule has 0 saturated carbocycles. The molecule has 4 heteroatoms. The van der Waals surface area contributed by atoms with Crippen molar-refractivity contribution in [3.63, 3.8) is 0 Å². The summed E-state index contributed by atoms with van der Waals surface area (Å²) in [6.07, 6.45) is 0. The third kappa shape index (κ3) is 3.54. The minimum Gasteiger partial charge on any atom is -0.492 e. The van der Waals surface area contributed by atoms with Crippen LogP contribution in [0, 0.1) is 0 Å². The molecular formula is C16H25BrO3. The van der Waals surface area contributed by atoms with E-state index in [0.29, 0.717) is 6.61 Å². The van der Waals surface area contributed by atoms with Gasteiger partial charge in [0.2, 0.25) is 0 Å². The lowest BCUT2D eigenvalue weighted by atomic mass is 9.84. The normalized spacial score (nSPS) is 12.6. The van der Waals surface area contributed by atoms with Gasteiger partial charge in [0.1, 0.15) is 5.75 Å². The largest absolute Gasteiger partial charge is 0.492 e. The van der Waals surface area contributed by atoms with Crippen LogP contribution >= 0.6 is 15.9 Å². The summed E-state index contributed by atoms with van der Waals surface area (Å²) in [5, 5.41) is 0. The Morgan fingerprint density at radius 1 is 1.05 bits per heavy atom. The fourth-order valence-corrected chi connectivity index (χ4v) is 2.60. The molecule has 3 nitrogen and oxygen atoms in total. The van der Waals surface area contributed by atoms with E-state index in [2.05, 4.69) is 42.8 Å². The molecule has 0 fully saturated rings. The van der Waals surface area contributed by atoms with Gasteiger partial charge in [0.25, 0.3) is 0 Å². The zero-order valence-electron chi connectivity index (χ0n) is 13.5. The molecule has 0 aromatic heterocycles. The summed E-state index contributed by atoms with van der Waals surface area (Å²) in [6, 6.07) is 4.09. The molecule has 0 heterocycles. The lowest BCUT2D eigenvalue weighted by Crippen LogP contribution is -2.27. The van der Waals surface area contributed by atoms with E-state index in [9.17, 15) is 0 Å². The lowest BCUT2D eigenvalue weighted by Gasteiger charge is -2.30. The maximum absolute atomic E-state index is 5.80. The van der Waals surface area contributed by atoms with Crippen molar-refractivity contribution in [2.45, 2.75) is 45.8 Å². The van der Waals surface area contributed by atoms with Crippen molar-refractivity contribution in [2.75, 3.05) is 20.8 Å². The maximum Gasteiger partial charge on any atom is 0.191 e. The van der Waals surface area contributed by atoms with Gasteiger partial charge >= 0.3 is 0 Å². The van der Waals surface area contributed by atoms with Gasteiger partial charge in [0.05, 0.1) is 11.1 Å². The second-order valence-electron chi connectivity index (χ2n) is 5.87. The summed E-state index contributed by atoms with van der Waals surface area (Å²) in [5.41, 5.74) is 2.05. The number of halogens is 1. The number of ether oxygens (including phenoxy) is 3. The molecule has 0 spiro atoms. The third-order valence-electron chi connectivity index (χ3n) is 3.44. The highest BCUT2D eigenvalue weighted by Crippen LogP contribution is 2.41. The van der Waals surface area contributed by atoms with Crippen LogP contribution in [0.3, 0.4) is 0 Å². The van der Waals surface area contributed by atoms with E-state index >= 15 is 0 Å².